The molecule has 1 rings (SSSR count). The predicted molar refractivity (Wildman–Crippen MR) is 58.8 cm³/mol. The zero-order valence-electron chi connectivity index (χ0n) is 9.92. The fourth-order valence-electron chi connectivity index (χ4n) is 1.56. The highest BCUT2D eigenvalue weighted by Crippen LogP contribution is 2.25. The fraction of sp³-hybridized carbons (Fsp3) is 0.417. The Morgan fingerprint density at radius 3 is 2.24 bits per heavy atom. The summed E-state index contributed by atoms with van der Waals surface area (Å²) in [5.74, 6) is -0.0745. The second kappa shape index (κ2) is 5.61. The molecule has 5 heteroatoms. The average molecular weight is 244 g/mol. The molecule has 0 radical (unpaired) electrons. The molecule has 17 heavy (non-hydrogen) atoms. The van der Waals surface area contributed by atoms with Gasteiger partial charge in [0, 0.05) is 0 Å². The second-order valence-electron chi connectivity index (χ2n) is 3.63. The molecule has 0 aromatic heterocycles. The van der Waals surface area contributed by atoms with Crippen molar-refractivity contribution in [1.82, 2.24) is 0 Å². The molecular weight excluding hydrogens is 230 g/mol. The van der Waals surface area contributed by atoms with Crippen LogP contribution in [0.2, 0.25) is 0 Å². The van der Waals surface area contributed by atoms with Gasteiger partial charge >= 0.3 is 5.97 Å². The normalized spacial score (nSPS) is 10.5. The van der Waals surface area contributed by atoms with Gasteiger partial charge in [0.15, 0.2) is 0 Å². The smallest absolute Gasteiger partial charge is 0.337 e. The standard InChI is InChI=1S/C12H14F2O3/c1-7-4-9(12(15)16-3)5-8(2)11(7)17-6-10(13)14/h4-5,10H,6H2,1-3H3. The molecular formula is C12H14F2O3. The molecule has 94 valence electrons. The summed E-state index contributed by atoms with van der Waals surface area (Å²) in [4.78, 5) is 11.3. The van der Waals surface area contributed by atoms with Crippen LogP contribution in [-0.4, -0.2) is 26.1 Å². The molecule has 1 aromatic carbocycles. The molecule has 0 heterocycles. The number of halogens is 2. The minimum Gasteiger partial charge on any atom is -0.487 e. The fourth-order valence-corrected chi connectivity index (χ4v) is 1.56. The Morgan fingerprint density at radius 2 is 1.82 bits per heavy atom. The third kappa shape index (κ3) is 3.41. The Kier molecular flexibility index (Phi) is 4.43. The number of ether oxygens (including phenoxy) is 2. The quantitative estimate of drug-likeness (QED) is 0.764. The van der Waals surface area contributed by atoms with E-state index in [1.165, 1.54) is 7.11 Å². The molecule has 0 spiro atoms. The molecule has 0 atom stereocenters. The van der Waals surface area contributed by atoms with Crippen LogP contribution in [0.5, 0.6) is 5.75 Å². The average Bonchev–Trinajstić information content (AvgIpc) is 2.26. The van der Waals surface area contributed by atoms with E-state index in [4.69, 9.17) is 4.74 Å². The molecule has 1 aromatic rings. The first-order valence-corrected chi connectivity index (χ1v) is 5.06. The lowest BCUT2D eigenvalue weighted by atomic mass is 10.1. The van der Waals surface area contributed by atoms with Gasteiger partial charge < -0.3 is 9.47 Å². The Hall–Kier alpha value is -1.65. The topological polar surface area (TPSA) is 35.5 Å². The zero-order chi connectivity index (χ0) is 13.0. The van der Waals surface area contributed by atoms with Gasteiger partial charge in [-0.3, -0.25) is 0 Å². The number of hydrogen-bond acceptors (Lipinski definition) is 3. The van der Waals surface area contributed by atoms with Gasteiger partial charge in [0.2, 0.25) is 0 Å². The maximum absolute atomic E-state index is 12.0. The van der Waals surface area contributed by atoms with Crippen LogP contribution in [0, 0.1) is 13.8 Å². The van der Waals surface area contributed by atoms with Gasteiger partial charge in [-0.1, -0.05) is 0 Å². The molecule has 0 fully saturated rings. The Bertz CT molecular complexity index is 393. The van der Waals surface area contributed by atoms with E-state index in [0.717, 1.165) is 0 Å². The lowest BCUT2D eigenvalue weighted by Crippen LogP contribution is -2.10. The number of rotatable bonds is 4. The van der Waals surface area contributed by atoms with Gasteiger partial charge in [0.05, 0.1) is 12.7 Å². The van der Waals surface area contributed by atoms with Gasteiger partial charge in [-0.25, -0.2) is 13.6 Å². The van der Waals surface area contributed by atoms with Crippen LogP contribution in [-0.2, 0) is 4.74 Å². The van der Waals surface area contributed by atoms with Crippen molar-refractivity contribution in [2.45, 2.75) is 20.3 Å². The molecule has 0 saturated heterocycles. The number of benzene rings is 1. The molecule has 0 aliphatic heterocycles. The van der Waals surface area contributed by atoms with E-state index in [-0.39, 0.29) is 0 Å². The van der Waals surface area contributed by atoms with E-state index in [1.54, 1.807) is 26.0 Å². The number of carbonyl (C=O) groups excluding carboxylic acids is 1. The highest BCUT2D eigenvalue weighted by molar-refractivity contribution is 5.90. The lowest BCUT2D eigenvalue weighted by molar-refractivity contribution is 0.0599. The van der Waals surface area contributed by atoms with Crippen LogP contribution in [0.4, 0.5) is 8.78 Å². The van der Waals surface area contributed by atoms with Gasteiger partial charge in [0.25, 0.3) is 6.43 Å². The van der Waals surface area contributed by atoms with Crippen molar-refractivity contribution >= 4 is 5.97 Å². The first-order valence-electron chi connectivity index (χ1n) is 5.06. The summed E-state index contributed by atoms with van der Waals surface area (Å²) in [6, 6.07) is 3.11. The first-order chi connectivity index (χ1) is 7.95. The van der Waals surface area contributed by atoms with Crippen molar-refractivity contribution in [2.24, 2.45) is 0 Å². The molecule has 0 bridgehead atoms. The molecule has 0 N–H and O–H groups in total. The van der Waals surface area contributed by atoms with E-state index in [9.17, 15) is 13.6 Å². The van der Waals surface area contributed by atoms with Crippen molar-refractivity contribution in [3.63, 3.8) is 0 Å². The van der Waals surface area contributed by atoms with E-state index in [1.807, 2.05) is 0 Å². The Labute approximate surface area is 98.3 Å². The van der Waals surface area contributed by atoms with Crippen LogP contribution in [0.25, 0.3) is 0 Å². The number of alkyl halides is 2. The van der Waals surface area contributed by atoms with Crippen molar-refractivity contribution in [3.8, 4) is 5.75 Å². The minimum atomic E-state index is -2.52. The summed E-state index contributed by atoms with van der Waals surface area (Å²) in [6.07, 6.45) is -2.52. The van der Waals surface area contributed by atoms with Crippen LogP contribution in [0.15, 0.2) is 12.1 Å². The molecule has 0 amide bonds. The van der Waals surface area contributed by atoms with Crippen molar-refractivity contribution in [3.05, 3.63) is 28.8 Å². The maximum atomic E-state index is 12.0. The van der Waals surface area contributed by atoms with Gasteiger partial charge in [-0.15, -0.1) is 0 Å². The Morgan fingerprint density at radius 1 is 1.29 bits per heavy atom. The number of aryl methyl sites for hydroxylation is 2. The first kappa shape index (κ1) is 13.4. The summed E-state index contributed by atoms with van der Waals surface area (Å²) < 4.78 is 33.7. The van der Waals surface area contributed by atoms with Crippen molar-refractivity contribution in [1.29, 1.82) is 0 Å². The molecule has 0 aliphatic rings. The third-order valence-electron chi connectivity index (χ3n) is 2.24. The summed E-state index contributed by atoms with van der Waals surface area (Å²) in [6.45, 7) is 2.74. The monoisotopic (exact) mass is 244 g/mol. The summed E-state index contributed by atoms with van der Waals surface area (Å²) >= 11 is 0. The largest absolute Gasteiger partial charge is 0.487 e. The van der Waals surface area contributed by atoms with Crippen molar-refractivity contribution in [2.75, 3.05) is 13.7 Å². The highest BCUT2D eigenvalue weighted by Gasteiger charge is 2.13. The number of carbonyl (C=O) groups is 1. The van der Waals surface area contributed by atoms with Gasteiger partial charge in [-0.2, -0.15) is 0 Å². The predicted octanol–water partition coefficient (Wildman–Crippen LogP) is 2.73. The number of methoxy groups -OCH3 is 1. The SMILES string of the molecule is COC(=O)c1cc(C)c(OCC(F)F)c(C)c1. The maximum Gasteiger partial charge on any atom is 0.337 e. The van der Waals surface area contributed by atoms with E-state index >= 15 is 0 Å². The van der Waals surface area contributed by atoms with Crippen LogP contribution >= 0.6 is 0 Å². The molecule has 0 unspecified atom stereocenters. The third-order valence-corrected chi connectivity index (χ3v) is 2.24. The summed E-state index contributed by atoms with van der Waals surface area (Å²) in [7, 11) is 1.29. The zero-order valence-corrected chi connectivity index (χ0v) is 9.92. The summed E-state index contributed by atoms with van der Waals surface area (Å²) in [5.41, 5.74) is 1.64. The Balaban J connectivity index is 2.98. The van der Waals surface area contributed by atoms with Crippen LogP contribution in [0.3, 0.4) is 0 Å². The number of hydrogen-bond donors (Lipinski definition) is 0. The van der Waals surface area contributed by atoms with Gasteiger partial charge in [-0.05, 0) is 37.1 Å². The van der Waals surface area contributed by atoms with E-state index in [0.29, 0.717) is 22.4 Å². The lowest BCUT2D eigenvalue weighted by Gasteiger charge is -2.13. The van der Waals surface area contributed by atoms with Crippen molar-refractivity contribution < 1.29 is 23.0 Å². The summed E-state index contributed by atoms with van der Waals surface area (Å²) in [5, 5.41) is 0. The second-order valence-corrected chi connectivity index (χ2v) is 3.63. The van der Waals surface area contributed by atoms with E-state index in [2.05, 4.69) is 4.74 Å². The minimum absolute atomic E-state index is 0.381. The highest BCUT2D eigenvalue weighted by atomic mass is 19.3. The van der Waals surface area contributed by atoms with Crippen LogP contribution in [0.1, 0.15) is 21.5 Å². The number of esters is 1. The molecule has 3 nitrogen and oxygen atoms in total. The van der Waals surface area contributed by atoms with Gasteiger partial charge in [0.1, 0.15) is 12.4 Å². The van der Waals surface area contributed by atoms with Crippen LogP contribution < -0.4 is 4.74 Å². The van der Waals surface area contributed by atoms with E-state index < -0.39 is 19.0 Å². The molecule has 0 aliphatic carbocycles. The molecule has 0 saturated carbocycles.